The zero-order valence-corrected chi connectivity index (χ0v) is 20.8. The van der Waals surface area contributed by atoms with Gasteiger partial charge in [0.2, 0.25) is 0 Å². The van der Waals surface area contributed by atoms with Crippen molar-refractivity contribution < 1.29 is 14.9 Å². The van der Waals surface area contributed by atoms with E-state index < -0.39 is 0 Å². The van der Waals surface area contributed by atoms with Crippen LogP contribution in [0.15, 0.2) is 30.3 Å². The summed E-state index contributed by atoms with van der Waals surface area (Å²) in [5, 5.41) is 20.0. The van der Waals surface area contributed by atoms with E-state index in [1.807, 2.05) is 6.07 Å². The summed E-state index contributed by atoms with van der Waals surface area (Å²) < 4.78 is 10.3. The van der Waals surface area contributed by atoms with Crippen LogP contribution in [-0.4, -0.2) is 27.0 Å². The van der Waals surface area contributed by atoms with Crippen molar-refractivity contribution in [2.24, 2.45) is 0 Å². The van der Waals surface area contributed by atoms with Crippen LogP contribution in [0.3, 0.4) is 0 Å². The van der Waals surface area contributed by atoms with Gasteiger partial charge in [-0.05, 0) is 53.8 Å². The minimum atomic E-state index is -0.0569. The van der Waals surface area contributed by atoms with Crippen LogP contribution in [-0.2, 0) is 16.2 Å². The van der Waals surface area contributed by atoms with Gasteiger partial charge in [-0.2, -0.15) is 0 Å². The molecule has 2 aromatic carbocycles. The molecule has 2 N–H and O–H groups in total. The summed E-state index contributed by atoms with van der Waals surface area (Å²) in [4.78, 5) is 0. The third-order valence-corrected chi connectivity index (χ3v) is 4.88. The van der Waals surface area contributed by atoms with Crippen molar-refractivity contribution in [1.82, 2.24) is 0 Å². The van der Waals surface area contributed by atoms with Crippen LogP contribution < -0.4 is 4.74 Å². The van der Waals surface area contributed by atoms with Gasteiger partial charge in [0.1, 0.15) is 17.2 Å². The van der Waals surface area contributed by atoms with Gasteiger partial charge in [-0.1, -0.05) is 80.0 Å². The van der Waals surface area contributed by atoms with Crippen LogP contribution in [0.5, 0.6) is 17.2 Å². The minimum Gasteiger partial charge on any atom is -0.508 e. The van der Waals surface area contributed by atoms with Crippen molar-refractivity contribution in [3.8, 4) is 17.2 Å². The van der Waals surface area contributed by atoms with E-state index >= 15 is 0 Å². The lowest BCUT2D eigenvalue weighted by atomic mass is 9.78. The Morgan fingerprint density at radius 1 is 0.733 bits per heavy atom. The Morgan fingerprint density at radius 3 is 1.47 bits per heavy atom. The molecule has 30 heavy (non-hydrogen) atoms. The first-order valence-electron chi connectivity index (χ1n) is 10.8. The molecule has 0 saturated carbocycles. The van der Waals surface area contributed by atoms with Gasteiger partial charge in [0.15, 0.2) is 0 Å². The fourth-order valence-corrected chi connectivity index (χ4v) is 3.17. The standard InChI is InChI=1S/C15H24O.C11H16O2.BH/c1-10-8-11(14(2,3)4)13(16)12(9-10)15(5,6)7;1-11(2,3)9-7-8(13-4)5-6-10(9)12;/h8-9,16H,1-7H3;5-7,12H,1-4H3;1H/i;;1T. The second-order valence-corrected chi connectivity index (χ2v) is 10.8. The van der Waals surface area contributed by atoms with Gasteiger partial charge in [-0.25, -0.2) is 0 Å². The SMILES string of the molecule is COc1ccc(O)c(C(C)(C)C)c1.Cc1cc(C(C)(C)C)c(O)c(C(C)(C)C)c1.[3H][B]. The van der Waals surface area contributed by atoms with Crippen LogP contribution in [0, 0.1) is 6.92 Å². The molecule has 2 rings (SSSR count). The van der Waals surface area contributed by atoms with Gasteiger partial charge in [-0.15, -0.1) is 0 Å². The average molecular weight is 414 g/mol. The molecule has 0 aliphatic heterocycles. The molecule has 0 amide bonds. The number of phenolic OH excluding ortho intramolecular Hbond substituents is 2. The second kappa shape index (κ2) is 9.81. The summed E-state index contributed by atoms with van der Waals surface area (Å²) in [5.41, 5.74) is 4.11. The number of phenols is 2. The van der Waals surface area contributed by atoms with Crippen LogP contribution in [0.4, 0.5) is 0 Å². The maximum Gasteiger partial charge on any atom is 0.123 e. The zero-order valence-electron chi connectivity index (χ0n) is 21.8. The van der Waals surface area contributed by atoms with E-state index in [4.69, 9.17) is 6.07 Å². The monoisotopic (exact) mass is 414 g/mol. The Kier molecular flexibility index (Phi) is 8.48. The van der Waals surface area contributed by atoms with Gasteiger partial charge >= 0.3 is 0 Å². The predicted molar refractivity (Wildman–Crippen MR) is 131 cm³/mol. The highest BCUT2D eigenvalue weighted by Crippen LogP contribution is 2.39. The van der Waals surface area contributed by atoms with E-state index in [1.165, 1.54) is 5.56 Å². The number of ether oxygens (including phenoxy) is 1. The Morgan fingerprint density at radius 2 is 1.13 bits per heavy atom. The highest BCUT2D eigenvalue weighted by molar-refractivity contribution is 5.75. The molecule has 2 aromatic rings. The van der Waals surface area contributed by atoms with Crippen LogP contribution in [0.2, 0.25) is 0 Å². The van der Waals surface area contributed by atoms with E-state index in [0.717, 1.165) is 22.4 Å². The topological polar surface area (TPSA) is 49.7 Å². The normalized spacial score (nSPS) is 12.0. The first-order chi connectivity index (χ1) is 14.0. The van der Waals surface area contributed by atoms with E-state index in [9.17, 15) is 10.2 Å². The van der Waals surface area contributed by atoms with Crippen molar-refractivity contribution in [2.75, 3.05) is 7.11 Å². The maximum absolute atomic E-state index is 10.4. The molecule has 0 heterocycles. The van der Waals surface area contributed by atoms with Crippen LogP contribution >= 0.6 is 0 Å². The lowest BCUT2D eigenvalue weighted by Gasteiger charge is -2.27. The molecule has 166 valence electrons. The van der Waals surface area contributed by atoms with Gasteiger partial charge in [0.05, 0.1) is 7.11 Å². The molecule has 0 aliphatic rings. The maximum atomic E-state index is 10.4. The van der Waals surface area contributed by atoms with Gasteiger partial charge < -0.3 is 14.9 Å². The molecule has 4 heteroatoms. The van der Waals surface area contributed by atoms with E-state index in [1.54, 1.807) is 19.2 Å². The fourth-order valence-electron chi connectivity index (χ4n) is 3.17. The molecule has 0 aromatic heterocycles. The van der Waals surface area contributed by atoms with E-state index in [2.05, 4.69) is 89.7 Å². The number of benzene rings is 2. The summed E-state index contributed by atoms with van der Waals surface area (Å²) in [7, 11) is 5.37. The molecule has 0 fully saturated rings. The van der Waals surface area contributed by atoms with E-state index in [-0.39, 0.29) is 16.2 Å². The lowest BCUT2D eigenvalue weighted by molar-refractivity contribution is 0.405. The largest absolute Gasteiger partial charge is 0.508 e. The zero-order chi connectivity index (χ0) is 24.8. The summed E-state index contributed by atoms with van der Waals surface area (Å²) in [6, 6.07) is 9.47. The van der Waals surface area contributed by atoms with Crippen molar-refractivity contribution in [2.45, 2.75) is 85.5 Å². The quantitative estimate of drug-likeness (QED) is 0.535. The van der Waals surface area contributed by atoms with Crippen molar-refractivity contribution in [1.29, 1.82) is 1.34 Å². The smallest absolute Gasteiger partial charge is 0.123 e. The van der Waals surface area contributed by atoms with Crippen LogP contribution in [0.1, 0.15) is 84.6 Å². The molecule has 3 nitrogen and oxygen atoms in total. The summed E-state index contributed by atoms with van der Waals surface area (Å²) in [6.45, 7) is 21.1. The molecule has 0 spiro atoms. The number of aryl methyl sites for hydroxylation is 1. The Balaban J connectivity index is 0.000000547. The van der Waals surface area contributed by atoms with Crippen LogP contribution in [0.25, 0.3) is 0 Å². The Bertz CT molecular complexity index is 806. The molecule has 0 unspecified atom stereocenters. The summed E-state index contributed by atoms with van der Waals surface area (Å²) in [5.74, 6) is 1.57. The molecule has 0 bridgehead atoms. The number of hydrogen-bond acceptors (Lipinski definition) is 3. The highest BCUT2D eigenvalue weighted by Gasteiger charge is 2.25. The number of aromatic hydroxyl groups is 2. The number of methoxy groups -OCH3 is 1. The summed E-state index contributed by atoms with van der Waals surface area (Å²) >= 11 is 0. The fraction of sp³-hybridized carbons (Fsp3) is 0.538. The third-order valence-electron chi connectivity index (χ3n) is 4.88. The second-order valence-electron chi connectivity index (χ2n) is 10.8. The molecule has 0 aliphatic carbocycles. The van der Waals surface area contributed by atoms with Crippen molar-refractivity contribution >= 4 is 8.38 Å². The average Bonchev–Trinajstić information content (AvgIpc) is 2.63. The number of hydrogen-bond donors (Lipinski definition) is 2. The lowest BCUT2D eigenvalue weighted by Crippen LogP contribution is -2.17. The predicted octanol–water partition coefficient (Wildman–Crippen LogP) is 6.35. The van der Waals surface area contributed by atoms with Gasteiger partial charge in [0, 0.05) is 13.9 Å². The Labute approximate surface area is 187 Å². The first kappa shape index (κ1) is 25.9. The van der Waals surface area contributed by atoms with Gasteiger partial charge in [0.25, 0.3) is 0 Å². The summed E-state index contributed by atoms with van der Waals surface area (Å²) in [6.07, 6.45) is 0. The van der Waals surface area contributed by atoms with E-state index in [0.29, 0.717) is 11.5 Å². The van der Waals surface area contributed by atoms with Crippen molar-refractivity contribution in [3.05, 3.63) is 52.6 Å². The molecule has 2 radical (unpaired) electrons. The molecular formula is C26H41BO3. The first-order valence-corrected chi connectivity index (χ1v) is 10.2. The molecule has 0 atom stereocenters. The van der Waals surface area contributed by atoms with Crippen molar-refractivity contribution in [3.63, 3.8) is 0 Å². The molecular weight excluding hydrogens is 371 g/mol. The Hall–Kier alpha value is -2.10. The molecule has 0 saturated heterocycles. The third kappa shape index (κ3) is 7.30. The number of rotatable bonds is 1. The minimum absolute atomic E-state index is 0.0178. The van der Waals surface area contributed by atoms with Gasteiger partial charge in [-0.3, -0.25) is 0 Å². The highest BCUT2D eigenvalue weighted by atomic mass is 16.5.